The van der Waals surface area contributed by atoms with Crippen LogP contribution in [-0.4, -0.2) is 37.0 Å². The number of nitrogens with one attached hydrogen (secondary N) is 1. The minimum Gasteiger partial charge on any atom is -0.352 e. The highest BCUT2D eigenvalue weighted by molar-refractivity contribution is 5.85. The molecule has 1 saturated heterocycles. The maximum absolute atomic E-state index is 11.7. The van der Waals surface area contributed by atoms with Gasteiger partial charge in [-0.25, -0.2) is 0 Å². The van der Waals surface area contributed by atoms with E-state index in [2.05, 4.69) is 5.32 Å². The van der Waals surface area contributed by atoms with Gasteiger partial charge in [-0.05, 0) is 19.3 Å². The van der Waals surface area contributed by atoms with Gasteiger partial charge < -0.3 is 20.5 Å². The van der Waals surface area contributed by atoms with Crippen molar-refractivity contribution in [3.8, 4) is 0 Å². The number of nitrogens with two attached hydrogens (primary N) is 1. The molecule has 5 nitrogen and oxygen atoms in total. The van der Waals surface area contributed by atoms with E-state index in [1.54, 1.807) is 0 Å². The average molecular weight is 293 g/mol. The standard InChI is InChI=1S/C13H24N2O3.ClH/c1-2-5-11(14)12(16)15-8-10-9-17-13(18-10)6-3-4-7-13;/h10-11H,2-9,14H2,1H3,(H,15,16);1H. The van der Waals surface area contributed by atoms with Gasteiger partial charge in [-0.2, -0.15) is 0 Å². The zero-order chi connectivity index (χ0) is 13.0. The van der Waals surface area contributed by atoms with E-state index in [0.29, 0.717) is 13.2 Å². The predicted molar refractivity (Wildman–Crippen MR) is 75.2 cm³/mol. The van der Waals surface area contributed by atoms with Crippen LogP contribution in [0.5, 0.6) is 0 Å². The van der Waals surface area contributed by atoms with Crippen LogP contribution < -0.4 is 11.1 Å². The molecule has 1 saturated carbocycles. The van der Waals surface area contributed by atoms with Gasteiger partial charge >= 0.3 is 0 Å². The number of halogens is 1. The molecule has 2 rings (SSSR count). The Morgan fingerprint density at radius 3 is 2.79 bits per heavy atom. The number of hydrogen-bond donors (Lipinski definition) is 2. The molecule has 0 aromatic rings. The molecule has 2 fully saturated rings. The predicted octanol–water partition coefficient (Wildman–Crippen LogP) is 1.34. The van der Waals surface area contributed by atoms with Gasteiger partial charge in [-0.3, -0.25) is 4.79 Å². The maximum Gasteiger partial charge on any atom is 0.237 e. The first-order chi connectivity index (χ1) is 8.65. The largest absolute Gasteiger partial charge is 0.352 e. The molecule has 6 heteroatoms. The summed E-state index contributed by atoms with van der Waals surface area (Å²) in [5, 5.41) is 2.85. The van der Waals surface area contributed by atoms with Crippen molar-refractivity contribution in [2.75, 3.05) is 13.2 Å². The molecule has 3 N–H and O–H groups in total. The van der Waals surface area contributed by atoms with Crippen LogP contribution in [0.3, 0.4) is 0 Å². The highest BCUT2D eigenvalue weighted by Crippen LogP contribution is 2.38. The number of rotatable bonds is 5. The first-order valence-corrected chi connectivity index (χ1v) is 7.00. The van der Waals surface area contributed by atoms with E-state index in [0.717, 1.165) is 25.7 Å². The molecule has 0 bridgehead atoms. The molecule has 2 aliphatic rings. The van der Waals surface area contributed by atoms with Crippen molar-refractivity contribution in [1.82, 2.24) is 5.32 Å². The van der Waals surface area contributed by atoms with Crippen molar-refractivity contribution in [3.05, 3.63) is 0 Å². The second-order valence-electron chi connectivity index (χ2n) is 5.31. The third kappa shape index (κ3) is 4.31. The van der Waals surface area contributed by atoms with Gasteiger partial charge in [0.15, 0.2) is 5.79 Å². The molecule has 2 atom stereocenters. The van der Waals surface area contributed by atoms with Crippen LogP contribution in [0.25, 0.3) is 0 Å². The summed E-state index contributed by atoms with van der Waals surface area (Å²) in [5.74, 6) is -0.436. The molecule has 1 amide bonds. The molecule has 0 radical (unpaired) electrons. The van der Waals surface area contributed by atoms with Gasteiger partial charge in [-0.1, -0.05) is 13.3 Å². The Kier molecular flexibility index (Phi) is 6.53. The highest BCUT2D eigenvalue weighted by atomic mass is 35.5. The number of hydrogen-bond acceptors (Lipinski definition) is 4. The topological polar surface area (TPSA) is 73.6 Å². The third-order valence-corrected chi connectivity index (χ3v) is 3.72. The first kappa shape index (κ1) is 16.7. The lowest BCUT2D eigenvalue weighted by atomic mass is 10.1. The Labute approximate surface area is 121 Å². The Hall–Kier alpha value is -0.360. The van der Waals surface area contributed by atoms with Crippen LogP contribution in [-0.2, 0) is 14.3 Å². The monoisotopic (exact) mass is 292 g/mol. The smallest absolute Gasteiger partial charge is 0.237 e. The average Bonchev–Trinajstić information content (AvgIpc) is 2.98. The van der Waals surface area contributed by atoms with Crippen molar-refractivity contribution in [3.63, 3.8) is 0 Å². The zero-order valence-electron chi connectivity index (χ0n) is 11.5. The van der Waals surface area contributed by atoms with Crippen LogP contribution in [0.1, 0.15) is 45.4 Å². The van der Waals surface area contributed by atoms with Crippen molar-refractivity contribution >= 4 is 18.3 Å². The van der Waals surface area contributed by atoms with Crippen LogP contribution in [0.15, 0.2) is 0 Å². The molecule has 112 valence electrons. The van der Waals surface area contributed by atoms with Gasteiger partial charge in [0.25, 0.3) is 0 Å². The van der Waals surface area contributed by atoms with Crippen LogP contribution in [0.4, 0.5) is 0 Å². The van der Waals surface area contributed by atoms with E-state index in [1.807, 2.05) is 6.92 Å². The number of ether oxygens (including phenoxy) is 2. The van der Waals surface area contributed by atoms with Crippen molar-refractivity contribution in [1.29, 1.82) is 0 Å². The second kappa shape index (κ2) is 7.43. The fourth-order valence-corrected chi connectivity index (χ4v) is 2.68. The molecule has 1 spiro atoms. The summed E-state index contributed by atoms with van der Waals surface area (Å²) in [6, 6.07) is -0.405. The molecular formula is C13H25ClN2O3. The van der Waals surface area contributed by atoms with E-state index < -0.39 is 6.04 Å². The van der Waals surface area contributed by atoms with Crippen molar-refractivity contribution in [2.45, 2.75) is 63.4 Å². The second-order valence-corrected chi connectivity index (χ2v) is 5.31. The third-order valence-electron chi connectivity index (χ3n) is 3.72. The summed E-state index contributed by atoms with van der Waals surface area (Å²) in [4.78, 5) is 11.7. The number of carbonyl (C=O) groups is 1. The minimum atomic E-state index is -0.405. The van der Waals surface area contributed by atoms with Crippen LogP contribution in [0, 0.1) is 0 Å². The van der Waals surface area contributed by atoms with E-state index in [9.17, 15) is 4.79 Å². The molecule has 1 aliphatic carbocycles. The SMILES string of the molecule is CCCC(N)C(=O)NCC1COC2(CCCC2)O1.Cl. The Morgan fingerprint density at radius 1 is 1.47 bits per heavy atom. The Balaban J connectivity index is 0.00000180. The molecule has 2 unspecified atom stereocenters. The lowest BCUT2D eigenvalue weighted by Crippen LogP contribution is -2.44. The van der Waals surface area contributed by atoms with Gasteiger partial charge in [0, 0.05) is 19.4 Å². The van der Waals surface area contributed by atoms with Gasteiger partial charge in [0.1, 0.15) is 6.10 Å². The Bertz CT molecular complexity index is 296. The highest BCUT2D eigenvalue weighted by Gasteiger charge is 2.43. The lowest BCUT2D eigenvalue weighted by molar-refractivity contribution is -0.161. The van der Waals surface area contributed by atoms with Gasteiger partial charge in [0.05, 0.1) is 12.6 Å². The maximum atomic E-state index is 11.7. The summed E-state index contributed by atoms with van der Waals surface area (Å²) in [5.41, 5.74) is 5.74. The summed E-state index contributed by atoms with van der Waals surface area (Å²) in [6.45, 7) is 3.09. The molecular weight excluding hydrogens is 268 g/mol. The lowest BCUT2D eigenvalue weighted by Gasteiger charge is -2.22. The summed E-state index contributed by atoms with van der Waals surface area (Å²) in [6.07, 6.45) is 5.90. The van der Waals surface area contributed by atoms with E-state index >= 15 is 0 Å². The molecule has 1 aliphatic heterocycles. The van der Waals surface area contributed by atoms with E-state index in [4.69, 9.17) is 15.2 Å². The van der Waals surface area contributed by atoms with Crippen LogP contribution in [0.2, 0.25) is 0 Å². The first-order valence-electron chi connectivity index (χ1n) is 7.00. The minimum absolute atomic E-state index is 0. The molecule has 19 heavy (non-hydrogen) atoms. The van der Waals surface area contributed by atoms with Crippen molar-refractivity contribution in [2.24, 2.45) is 5.73 Å². The van der Waals surface area contributed by atoms with Crippen LogP contribution >= 0.6 is 12.4 Å². The molecule has 1 heterocycles. The normalized spacial score (nSPS) is 26.1. The molecule has 0 aromatic carbocycles. The van der Waals surface area contributed by atoms with E-state index in [1.165, 1.54) is 12.8 Å². The van der Waals surface area contributed by atoms with Crippen molar-refractivity contribution < 1.29 is 14.3 Å². The fourth-order valence-electron chi connectivity index (χ4n) is 2.68. The van der Waals surface area contributed by atoms with Gasteiger partial charge in [-0.15, -0.1) is 12.4 Å². The number of amides is 1. The fraction of sp³-hybridized carbons (Fsp3) is 0.923. The summed E-state index contributed by atoms with van der Waals surface area (Å²) < 4.78 is 11.7. The number of carbonyl (C=O) groups excluding carboxylic acids is 1. The molecule has 0 aromatic heterocycles. The summed E-state index contributed by atoms with van der Waals surface area (Å²) >= 11 is 0. The van der Waals surface area contributed by atoms with Gasteiger partial charge in [0.2, 0.25) is 5.91 Å². The van der Waals surface area contributed by atoms with E-state index in [-0.39, 0.29) is 30.2 Å². The summed E-state index contributed by atoms with van der Waals surface area (Å²) in [7, 11) is 0. The zero-order valence-corrected chi connectivity index (χ0v) is 12.3. The Morgan fingerprint density at radius 2 is 2.16 bits per heavy atom. The quantitative estimate of drug-likeness (QED) is 0.802.